The van der Waals surface area contributed by atoms with Crippen molar-refractivity contribution in [3.8, 4) is 11.5 Å². The molecule has 6 heteroatoms. The Labute approximate surface area is 155 Å². The largest absolute Gasteiger partial charge is 0.454 e. The topological polar surface area (TPSA) is 58.6 Å². The van der Waals surface area contributed by atoms with Gasteiger partial charge in [0.15, 0.2) is 5.75 Å². The summed E-state index contributed by atoms with van der Waals surface area (Å²) in [6.07, 6.45) is 0. The smallest absolute Gasteiger partial charge is 0.261 e. The number of para-hydroxylation sites is 1. The van der Waals surface area contributed by atoms with Gasteiger partial charge in [-0.1, -0.05) is 12.1 Å². The van der Waals surface area contributed by atoms with Gasteiger partial charge in [-0.25, -0.2) is 4.39 Å². The standard InChI is InChI=1S/C21H15FN2O3/c1-24-17-12-13(20(25)23-15-9-7-14(22)8-10-15)6-11-19(17)27-18-5-3-2-4-16(18)21(24)26/h2-12H,1H3,(H,23,25). The lowest BCUT2D eigenvalue weighted by molar-refractivity contribution is 0.0990. The molecule has 1 heterocycles. The molecule has 1 aliphatic rings. The average Bonchev–Trinajstić information content (AvgIpc) is 2.79. The number of hydrogen-bond donors (Lipinski definition) is 1. The highest BCUT2D eigenvalue weighted by Crippen LogP contribution is 2.38. The second kappa shape index (κ2) is 6.57. The van der Waals surface area contributed by atoms with Crippen molar-refractivity contribution in [2.24, 2.45) is 0 Å². The second-order valence-corrected chi connectivity index (χ2v) is 6.11. The summed E-state index contributed by atoms with van der Waals surface area (Å²) in [6.45, 7) is 0. The normalized spacial score (nSPS) is 12.5. The number of benzene rings is 3. The van der Waals surface area contributed by atoms with Gasteiger partial charge in [0.25, 0.3) is 11.8 Å². The number of halogens is 1. The van der Waals surface area contributed by atoms with Crippen LogP contribution in [0.25, 0.3) is 0 Å². The first kappa shape index (κ1) is 16.8. The number of carbonyl (C=O) groups excluding carboxylic acids is 2. The maximum absolute atomic E-state index is 13.0. The van der Waals surface area contributed by atoms with E-state index < -0.39 is 0 Å². The maximum atomic E-state index is 13.0. The van der Waals surface area contributed by atoms with E-state index in [9.17, 15) is 14.0 Å². The summed E-state index contributed by atoms with van der Waals surface area (Å²) >= 11 is 0. The van der Waals surface area contributed by atoms with Crippen LogP contribution in [-0.4, -0.2) is 18.9 Å². The van der Waals surface area contributed by atoms with Gasteiger partial charge in [-0.2, -0.15) is 0 Å². The molecule has 0 radical (unpaired) electrons. The van der Waals surface area contributed by atoms with Gasteiger partial charge in [0, 0.05) is 18.3 Å². The van der Waals surface area contributed by atoms with Gasteiger partial charge in [0.05, 0.1) is 11.3 Å². The Bertz CT molecular complexity index is 1050. The number of amides is 2. The van der Waals surface area contributed by atoms with E-state index in [1.54, 1.807) is 49.5 Å². The fourth-order valence-corrected chi connectivity index (χ4v) is 2.88. The highest BCUT2D eigenvalue weighted by Gasteiger charge is 2.26. The molecule has 3 aromatic carbocycles. The summed E-state index contributed by atoms with van der Waals surface area (Å²) in [7, 11) is 1.63. The summed E-state index contributed by atoms with van der Waals surface area (Å²) in [5.74, 6) is -0.0203. The van der Waals surface area contributed by atoms with Crippen LogP contribution in [0.15, 0.2) is 66.7 Å². The van der Waals surface area contributed by atoms with Crippen LogP contribution in [0.2, 0.25) is 0 Å². The molecule has 5 nitrogen and oxygen atoms in total. The van der Waals surface area contributed by atoms with Crippen LogP contribution in [0.5, 0.6) is 11.5 Å². The molecular weight excluding hydrogens is 347 g/mol. The highest BCUT2D eigenvalue weighted by molar-refractivity contribution is 6.11. The number of anilines is 2. The van der Waals surface area contributed by atoms with Crippen molar-refractivity contribution in [3.63, 3.8) is 0 Å². The van der Waals surface area contributed by atoms with Crippen LogP contribution >= 0.6 is 0 Å². The molecule has 0 fully saturated rings. The number of rotatable bonds is 2. The zero-order valence-corrected chi connectivity index (χ0v) is 14.4. The van der Waals surface area contributed by atoms with Gasteiger partial charge in [-0.05, 0) is 54.6 Å². The van der Waals surface area contributed by atoms with Crippen LogP contribution in [0.3, 0.4) is 0 Å². The Balaban J connectivity index is 1.66. The van der Waals surface area contributed by atoms with Crippen molar-refractivity contribution in [1.82, 2.24) is 0 Å². The summed E-state index contributed by atoms with van der Waals surface area (Å²) in [5, 5.41) is 2.70. The number of hydrogen-bond acceptors (Lipinski definition) is 3. The van der Waals surface area contributed by atoms with Crippen LogP contribution in [0.4, 0.5) is 15.8 Å². The molecule has 27 heavy (non-hydrogen) atoms. The molecule has 1 N–H and O–H groups in total. The quantitative estimate of drug-likeness (QED) is 0.732. The van der Waals surface area contributed by atoms with Gasteiger partial charge >= 0.3 is 0 Å². The van der Waals surface area contributed by atoms with Crippen LogP contribution in [-0.2, 0) is 0 Å². The second-order valence-electron chi connectivity index (χ2n) is 6.11. The third-order valence-electron chi connectivity index (χ3n) is 4.33. The molecule has 0 unspecified atom stereocenters. The first-order chi connectivity index (χ1) is 13.0. The molecular formula is C21H15FN2O3. The minimum absolute atomic E-state index is 0.222. The lowest BCUT2D eigenvalue weighted by Gasteiger charge is -2.17. The van der Waals surface area contributed by atoms with Crippen molar-refractivity contribution in [2.45, 2.75) is 0 Å². The van der Waals surface area contributed by atoms with Crippen molar-refractivity contribution in [1.29, 1.82) is 0 Å². The number of fused-ring (bicyclic) bond motifs is 2. The van der Waals surface area contributed by atoms with E-state index in [1.165, 1.54) is 29.2 Å². The van der Waals surface area contributed by atoms with Gasteiger partial charge in [0.2, 0.25) is 0 Å². The number of carbonyl (C=O) groups is 2. The summed E-state index contributed by atoms with van der Waals surface area (Å²) in [5.41, 5.74) is 1.77. The number of ether oxygens (including phenoxy) is 1. The SMILES string of the molecule is CN1C(=O)c2ccccc2Oc2ccc(C(=O)Nc3ccc(F)cc3)cc21. The van der Waals surface area contributed by atoms with E-state index in [4.69, 9.17) is 4.74 Å². The predicted octanol–water partition coefficient (Wildman–Crippen LogP) is 4.46. The molecule has 0 aliphatic carbocycles. The van der Waals surface area contributed by atoms with E-state index in [2.05, 4.69) is 5.32 Å². The minimum Gasteiger partial charge on any atom is -0.454 e. The zero-order valence-electron chi connectivity index (χ0n) is 14.4. The molecule has 0 aromatic heterocycles. The van der Waals surface area contributed by atoms with E-state index in [0.29, 0.717) is 34.0 Å². The third-order valence-corrected chi connectivity index (χ3v) is 4.33. The van der Waals surface area contributed by atoms with Crippen molar-refractivity contribution in [3.05, 3.63) is 83.7 Å². The monoisotopic (exact) mass is 362 g/mol. The Morgan fingerprint density at radius 1 is 1.00 bits per heavy atom. The fourth-order valence-electron chi connectivity index (χ4n) is 2.88. The van der Waals surface area contributed by atoms with Crippen molar-refractivity contribution < 1.29 is 18.7 Å². The van der Waals surface area contributed by atoms with Crippen LogP contribution in [0.1, 0.15) is 20.7 Å². The number of nitrogens with zero attached hydrogens (tertiary/aromatic N) is 1. The van der Waals surface area contributed by atoms with Gasteiger partial charge in [-0.15, -0.1) is 0 Å². The fraction of sp³-hybridized carbons (Fsp3) is 0.0476. The van der Waals surface area contributed by atoms with E-state index in [1.807, 2.05) is 0 Å². The lowest BCUT2D eigenvalue weighted by atomic mass is 10.1. The Hall–Kier alpha value is -3.67. The summed E-state index contributed by atoms with van der Waals surface area (Å²) in [6, 6.07) is 17.3. The Kier molecular flexibility index (Phi) is 4.08. The Morgan fingerprint density at radius 2 is 1.74 bits per heavy atom. The molecule has 1 aliphatic heterocycles. The molecule has 3 aromatic rings. The van der Waals surface area contributed by atoms with E-state index in [0.717, 1.165) is 0 Å². The Morgan fingerprint density at radius 3 is 2.52 bits per heavy atom. The molecule has 0 bridgehead atoms. The average molecular weight is 362 g/mol. The molecule has 2 amide bonds. The first-order valence-electron chi connectivity index (χ1n) is 8.29. The molecule has 134 valence electrons. The van der Waals surface area contributed by atoms with Gasteiger partial charge in [-0.3, -0.25) is 9.59 Å². The molecule has 0 atom stereocenters. The van der Waals surface area contributed by atoms with Crippen molar-refractivity contribution in [2.75, 3.05) is 17.3 Å². The third kappa shape index (κ3) is 3.13. The molecule has 0 spiro atoms. The lowest BCUT2D eigenvalue weighted by Crippen LogP contribution is -2.25. The zero-order chi connectivity index (χ0) is 19.0. The number of nitrogens with one attached hydrogen (secondary N) is 1. The van der Waals surface area contributed by atoms with Crippen LogP contribution < -0.4 is 15.0 Å². The van der Waals surface area contributed by atoms with Crippen molar-refractivity contribution >= 4 is 23.2 Å². The molecule has 4 rings (SSSR count). The van der Waals surface area contributed by atoms with Gasteiger partial charge < -0.3 is 15.0 Å². The predicted molar refractivity (Wildman–Crippen MR) is 100 cm³/mol. The summed E-state index contributed by atoms with van der Waals surface area (Å²) in [4.78, 5) is 26.7. The van der Waals surface area contributed by atoms with E-state index in [-0.39, 0.29) is 17.6 Å². The minimum atomic E-state index is -0.380. The van der Waals surface area contributed by atoms with Gasteiger partial charge in [0.1, 0.15) is 11.6 Å². The summed E-state index contributed by atoms with van der Waals surface area (Å²) < 4.78 is 18.9. The molecule has 0 saturated carbocycles. The maximum Gasteiger partial charge on any atom is 0.261 e. The molecule has 0 saturated heterocycles. The highest BCUT2D eigenvalue weighted by atomic mass is 19.1. The van der Waals surface area contributed by atoms with Crippen LogP contribution in [0, 0.1) is 5.82 Å². The van der Waals surface area contributed by atoms with E-state index >= 15 is 0 Å². The first-order valence-corrected chi connectivity index (χ1v) is 8.29.